The normalized spacial score (nSPS) is 17.0. The third kappa shape index (κ3) is 4.81. The smallest absolute Gasteiger partial charge is 0.139 e. The highest BCUT2D eigenvalue weighted by molar-refractivity contribution is 7.16. The number of fused-ring (bicyclic) bond motifs is 2. The Morgan fingerprint density at radius 3 is 2.60 bits per heavy atom. The molecule has 3 heterocycles. The Bertz CT molecular complexity index is 1350. The first-order chi connectivity index (χ1) is 17.2. The molecule has 6 heteroatoms. The maximum absolute atomic E-state index is 5.95. The lowest BCUT2D eigenvalue weighted by Gasteiger charge is -2.36. The highest BCUT2D eigenvalue weighted by atomic mass is 32.1. The molecule has 1 aromatic heterocycles. The van der Waals surface area contributed by atoms with Crippen molar-refractivity contribution in [3.8, 4) is 11.5 Å². The van der Waals surface area contributed by atoms with Crippen LogP contribution in [0.4, 0.5) is 16.4 Å². The zero-order chi connectivity index (χ0) is 23.6. The average Bonchev–Trinajstić information content (AvgIpc) is 3.17. The van der Waals surface area contributed by atoms with E-state index < -0.39 is 0 Å². The Morgan fingerprint density at radius 1 is 0.971 bits per heavy atom. The van der Waals surface area contributed by atoms with Crippen LogP contribution in [-0.4, -0.2) is 36.4 Å². The van der Waals surface area contributed by atoms with Gasteiger partial charge in [-0.25, -0.2) is 4.99 Å². The van der Waals surface area contributed by atoms with E-state index in [1.165, 1.54) is 21.0 Å². The number of aliphatic imine (C=N–C) groups is 1. The number of hydrogen-bond acceptors (Lipinski definition) is 6. The number of amidine groups is 1. The summed E-state index contributed by atoms with van der Waals surface area (Å²) in [6.07, 6.45) is 0.958. The standard InChI is InChI=1S/C29H28N4OS/c1-20-17-25-28(31-26-9-5-6-10-27(26)32-29(25)35-20)33-16-15-30-22(19-33)18-21-11-13-24(14-12-21)34-23-7-3-2-4-8-23/h2-14,17,22,30,32H,15-16,18-19H2,1H3. The van der Waals surface area contributed by atoms with Crippen LogP contribution in [0.3, 0.4) is 0 Å². The van der Waals surface area contributed by atoms with E-state index in [0.29, 0.717) is 6.04 Å². The van der Waals surface area contributed by atoms with Crippen molar-refractivity contribution in [3.05, 3.63) is 101 Å². The minimum atomic E-state index is 0.349. The predicted octanol–water partition coefficient (Wildman–Crippen LogP) is 6.50. The van der Waals surface area contributed by atoms with E-state index in [-0.39, 0.29) is 0 Å². The summed E-state index contributed by atoms with van der Waals surface area (Å²) >= 11 is 1.79. The second kappa shape index (κ2) is 9.56. The molecule has 6 rings (SSSR count). The SMILES string of the molecule is Cc1cc2c(s1)Nc1ccccc1N=C2N1CCNC(Cc2ccc(Oc3ccccc3)cc2)C1. The van der Waals surface area contributed by atoms with Gasteiger partial charge in [0.2, 0.25) is 0 Å². The van der Waals surface area contributed by atoms with Crippen LogP contribution >= 0.6 is 11.3 Å². The summed E-state index contributed by atoms with van der Waals surface area (Å²) in [5.41, 5.74) is 4.56. The number of nitrogens with zero attached hydrogens (tertiary/aromatic N) is 2. The van der Waals surface area contributed by atoms with Gasteiger partial charge in [-0.1, -0.05) is 42.5 Å². The maximum Gasteiger partial charge on any atom is 0.139 e. The molecule has 1 fully saturated rings. The molecule has 176 valence electrons. The molecule has 0 spiro atoms. The molecular formula is C29H28N4OS. The van der Waals surface area contributed by atoms with Gasteiger partial charge in [-0.3, -0.25) is 0 Å². The number of nitrogens with one attached hydrogen (secondary N) is 2. The first-order valence-electron chi connectivity index (χ1n) is 12.1. The van der Waals surface area contributed by atoms with Gasteiger partial charge < -0.3 is 20.3 Å². The lowest BCUT2D eigenvalue weighted by atomic mass is 10.0. The van der Waals surface area contributed by atoms with Crippen molar-refractivity contribution in [1.29, 1.82) is 0 Å². The summed E-state index contributed by atoms with van der Waals surface area (Å²) in [6, 6.07) is 29.3. The summed E-state index contributed by atoms with van der Waals surface area (Å²) in [5, 5.41) is 8.51. The van der Waals surface area contributed by atoms with Crippen LogP contribution in [0, 0.1) is 6.92 Å². The van der Waals surface area contributed by atoms with E-state index in [1.807, 2.05) is 30.3 Å². The van der Waals surface area contributed by atoms with Gasteiger partial charge in [0.1, 0.15) is 22.3 Å². The van der Waals surface area contributed by atoms with Crippen LogP contribution in [0.25, 0.3) is 0 Å². The van der Waals surface area contributed by atoms with Crippen LogP contribution in [0.2, 0.25) is 0 Å². The molecule has 0 amide bonds. The van der Waals surface area contributed by atoms with Gasteiger partial charge >= 0.3 is 0 Å². The molecule has 1 unspecified atom stereocenters. The second-order valence-corrected chi connectivity index (χ2v) is 10.3. The van der Waals surface area contributed by atoms with Gasteiger partial charge in [0, 0.05) is 30.6 Å². The van der Waals surface area contributed by atoms with Crippen molar-refractivity contribution in [1.82, 2.24) is 10.2 Å². The van der Waals surface area contributed by atoms with Crippen LogP contribution < -0.4 is 15.4 Å². The molecular weight excluding hydrogens is 452 g/mol. The molecule has 0 bridgehead atoms. The largest absolute Gasteiger partial charge is 0.457 e. The number of hydrogen-bond donors (Lipinski definition) is 2. The van der Waals surface area contributed by atoms with Crippen molar-refractivity contribution in [3.63, 3.8) is 0 Å². The number of anilines is 2. The van der Waals surface area contributed by atoms with Crippen LogP contribution in [0.1, 0.15) is 16.0 Å². The first-order valence-corrected chi connectivity index (χ1v) is 12.9. The van der Waals surface area contributed by atoms with E-state index >= 15 is 0 Å². The zero-order valence-electron chi connectivity index (χ0n) is 19.7. The lowest BCUT2D eigenvalue weighted by Crippen LogP contribution is -2.53. The summed E-state index contributed by atoms with van der Waals surface area (Å²) in [5.74, 6) is 2.78. The molecule has 5 nitrogen and oxygen atoms in total. The molecule has 1 atom stereocenters. The zero-order valence-corrected chi connectivity index (χ0v) is 20.5. The van der Waals surface area contributed by atoms with E-state index in [9.17, 15) is 0 Å². The number of thiophene rings is 1. The van der Waals surface area contributed by atoms with Crippen molar-refractivity contribution in [2.45, 2.75) is 19.4 Å². The first kappa shape index (κ1) is 21.9. The highest BCUT2D eigenvalue weighted by Gasteiger charge is 2.27. The van der Waals surface area contributed by atoms with Gasteiger partial charge in [-0.05, 0) is 61.4 Å². The fourth-order valence-electron chi connectivity index (χ4n) is 4.75. The van der Waals surface area contributed by atoms with E-state index in [0.717, 1.165) is 54.8 Å². The van der Waals surface area contributed by atoms with Crippen molar-refractivity contribution in [2.75, 3.05) is 25.0 Å². The number of rotatable bonds is 4. The quantitative estimate of drug-likeness (QED) is 0.350. The van der Waals surface area contributed by atoms with Crippen LogP contribution in [0.5, 0.6) is 11.5 Å². The minimum Gasteiger partial charge on any atom is -0.457 e. The number of para-hydroxylation sites is 3. The fraction of sp³-hybridized carbons (Fsp3) is 0.207. The molecule has 1 saturated heterocycles. The fourth-order valence-corrected chi connectivity index (χ4v) is 5.66. The second-order valence-electron chi connectivity index (χ2n) is 9.04. The third-order valence-corrected chi connectivity index (χ3v) is 7.38. The summed E-state index contributed by atoms with van der Waals surface area (Å²) in [6.45, 7) is 4.95. The van der Waals surface area contributed by atoms with Gasteiger partial charge in [-0.2, -0.15) is 0 Å². The Kier molecular flexibility index (Phi) is 5.98. The molecule has 3 aromatic carbocycles. The van der Waals surface area contributed by atoms with E-state index in [2.05, 4.69) is 77.1 Å². The maximum atomic E-state index is 5.95. The molecule has 2 aliphatic heterocycles. The molecule has 0 saturated carbocycles. The third-order valence-electron chi connectivity index (χ3n) is 6.41. The van der Waals surface area contributed by atoms with Crippen molar-refractivity contribution >= 4 is 33.5 Å². The topological polar surface area (TPSA) is 48.9 Å². The number of ether oxygens (including phenoxy) is 1. The lowest BCUT2D eigenvalue weighted by molar-refractivity contribution is 0.290. The summed E-state index contributed by atoms with van der Waals surface area (Å²) in [7, 11) is 0. The molecule has 0 aliphatic carbocycles. The Morgan fingerprint density at radius 2 is 1.74 bits per heavy atom. The minimum absolute atomic E-state index is 0.349. The average molecular weight is 481 g/mol. The number of aryl methyl sites for hydroxylation is 1. The Hall–Kier alpha value is -3.61. The van der Waals surface area contributed by atoms with Gasteiger partial charge in [0.15, 0.2) is 0 Å². The van der Waals surface area contributed by atoms with Crippen LogP contribution in [0.15, 0.2) is 89.9 Å². The molecule has 35 heavy (non-hydrogen) atoms. The Balaban J connectivity index is 1.19. The summed E-state index contributed by atoms with van der Waals surface area (Å²) < 4.78 is 5.95. The molecule has 2 N–H and O–H groups in total. The van der Waals surface area contributed by atoms with E-state index in [1.54, 1.807) is 11.3 Å². The highest BCUT2D eigenvalue weighted by Crippen LogP contribution is 2.39. The van der Waals surface area contributed by atoms with Gasteiger partial charge in [0.25, 0.3) is 0 Å². The van der Waals surface area contributed by atoms with E-state index in [4.69, 9.17) is 9.73 Å². The predicted molar refractivity (Wildman–Crippen MR) is 145 cm³/mol. The molecule has 4 aromatic rings. The van der Waals surface area contributed by atoms with Crippen molar-refractivity contribution in [2.24, 2.45) is 4.99 Å². The molecule has 2 aliphatic rings. The molecule has 0 radical (unpaired) electrons. The number of benzene rings is 3. The Labute approximate surface area is 210 Å². The van der Waals surface area contributed by atoms with Crippen LogP contribution in [-0.2, 0) is 6.42 Å². The monoisotopic (exact) mass is 480 g/mol. The summed E-state index contributed by atoms with van der Waals surface area (Å²) in [4.78, 5) is 8.89. The number of piperazine rings is 1. The van der Waals surface area contributed by atoms with Crippen molar-refractivity contribution < 1.29 is 4.74 Å². The van der Waals surface area contributed by atoms with Gasteiger partial charge in [-0.15, -0.1) is 11.3 Å². The van der Waals surface area contributed by atoms with Gasteiger partial charge in [0.05, 0.1) is 16.9 Å².